The Morgan fingerprint density at radius 2 is 1.47 bits per heavy atom. The Morgan fingerprint density at radius 3 is 1.94 bits per heavy atom. The number of fused-ring (bicyclic) bond motifs is 1. The molecule has 0 saturated heterocycles. The van der Waals surface area contributed by atoms with Gasteiger partial charge in [-0.1, -0.05) is 39.8 Å². The van der Waals surface area contributed by atoms with E-state index in [1.807, 2.05) is 0 Å². The fourth-order valence-electron chi connectivity index (χ4n) is 2.91. The van der Waals surface area contributed by atoms with Crippen molar-refractivity contribution in [1.82, 2.24) is 0 Å². The first-order valence-corrected chi connectivity index (χ1v) is 7.02. The minimum absolute atomic E-state index is 0.291. The van der Waals surface area contributed by atoms with E-state index in [4.69, 9.17) is 11.6 Å². The average Bonchev–Trinajstić information content (AvgIpc) is 2.24. The van der Waals surface area contributed by atoms with Crippen LogP contribution in [-0.4, -0.2) is 0 Å². The van der Waals surface area contributed by atoms with Crippen molar-refractivity contribution in [3.05, 3.63) is 34.4 Å². The van der Waals surface area contributed by atoms with Gasteiger partial charge in [-0.05, 0) is 52.8 Å². The minimum Gasteiger partial charge on any atom is -0.122 e. The zero-order valence-corrected chi connectivity index (χ0v) is 12.4. The second-order valence-electron chi connectivity index (χ2n) is 6.73. The van der Waals surface area contributed by atoms with Gasteiger partial charge in [-0.3, -0.25) is 0 Å². The standard InChI is InChI=1S/C16H23Cl/c1-11-8-13-14(9-12(11)10-17)16(4,5)7-6-15(13,2)3/h8-9H,6-7,10H2,1-5H3. The maximum absolute atomic E-state index is 6.04. The van der Waals surface area contributed by atoms with Crippen LogP contribution in [0.25, 0.3) is 0 Å². The van der Waals surface area contributed by atoms with E-state index in [9.17, 15) is 0 Å². The Kier molecular flexibility index (Phi) is 3.06. The molecule has 0 unspecified atom stereocenters. The number of aryl methyl sites for hydroxylation is 1. The van der Waals surface area contributed by atoms with Crippen molar-refractivity contribution in [2.75, 3.05) is 0 Å². The first kappa shape index (κ1) is 13.0. The third kappa shape index (κ3) is 2.12. The van der Waals surface area contributed by atoms with Crippen LogP contribution in [0.2, 0.25) is 0 Å². The fraction of sp³-hybridized carbons (Fsp3) is 0.625. The van der Waals surface area contributed by atoms with E-state index in [1.165, 1.54) is 35.1 Å². The van der Waals surface area contributed by atoms with Gasteiger partial charge >= 0.3 is 0 Å². The van der Waals surface area contributed by atoms with E-state index >= 15 is 0 Å². The van der Waals surface area contributed by atoms with Crippen molar-refractivity contribution < 1.29 is 0 Å². The first-order valence-electron chi connectivity index (χ1n) is 6.48. The molecule has 0 radical (unpaired) electrons. The molecule has 1 aromatic rings. The van der Waals surface area contributed by atoms with Gasteiger partial charge in [-0.25, -0.2) is 0 Å². The van der Waals surface area contributed by atoms with Crippen molar-refractivity contribution in [2.24, 2.45) is 0 Å². The lowest BCUT2D eigenvalue weighted by Crippen LogP contribution is -2.34. The molecule has 1 aliphatic carbocycles. The first-order chi connectivity index (χ1) is 7.78. The molecule has 0 aromatic heterocycles. The highest BCUT2D eigenvalue weighted by atomic mass is 35.5. The summed E-state index contributed by atoms with van der Waals surface area (Å²) in [6.45, 7) is 11.6. The van der Waals surface area contributed by atoms with Crippen molar-refractivity contribution in [1.29, 1.82) is 0 Å². The van der Waals surface area contributed by atoms with Crippen molar-refractivity contribution >= 4 is 11.6 Å². The monoisotopic (exact) mass is 250 g/mol. The van der Waals surface area contributed by atoms with Crippen LogP contribution >= 0.6 is 11.6 Å². The molecule has 1 aromatic carbocycles. The van der Waals surface area contributed by atoms with Gasteiger partial charge in [0.2, 0.25) is 0 Å². The lowest BCUT2D eigenvalue weighted by atomic mass is 9.62. The summed E-state index contributed by atoms with van der Waals surface area (Å²) in [7, 11) is 0. The van der Waals surface area contributed by atoms with Gasteiger partial charge in [0, 0.05) is 5.88 Å². The van der Waals surface area contributed by atoms with Crippen molar-refractivity contribution in [3.8, 4) is 0 Å². The Morgan fingerprint density at radius 1 is 1.00 bits per heavy atom. The molecule has 0 amide bonds. The summed E-state index contributed by atoms with van der Waals surface area (Å²) in [6, 6.07) is 4.71. The van der Waals surface area contributed by atoms with E-state index < -0.39 is 0 Å². The third-order valence-electron chi connectivity index (χ3n) is 4.45. The molecule has 0 N–H and O–H groups in total. The van der Waals surface area contributed by atoms with Gasteiger partial charge in [0.15, 0.2) is 0 Å². The summed E-state index contributed by atoms with van der Waals surface area (Å²) in [5.74, 6) is 0.621. The highest BCUT2D eigenvalue weighted by Gasteiger charge is 2.37. The fourth-order valence-corrected chi connectivity index (χ4v) is 3.20. The van der Waals surface area contributed by atoms with Crippen LogP contribution in [0.15, 0.2) is 12.1 Å². The third-order valence-corrected chi connectivity index (χ3v) is 4.74. The van der Waals surface area contributed by atoms with Crippen LogP contribution in [0.1, 0.15) is 62.8 Å². The Balaban J connectivity index is 2.68. The smallest absolute Gasteiger partial charge is 0.0476 e. The van der Waals surface area contributed by atoms with Crippen LogP contribution in [0.5, 0.6) is 0 Å². The second kappa shape index (κ2) is 4.02. The zero-order chi connectivity index (χ0) is 12.8. The number of hydrogen-bond acceptors (Lipinski definition) is 0. The van der Waals surface area contributed by atoms with Gasteiger partial charge in [-0.2, -0.15) is 0 Å². The van der Waals surface area contributed by atoms with E-state index in [1.54, 1.807) is 0 Å². The van der Waals surface area contributed by atoms with Gasteiger partial charge < -0.3 is 0 Å². The SMILES string of the molecule is Cc1cc2c(cc1CCl)C(C)(C)CCC2(C)C. The van der Waals surface area contributed by atoms with Crippen LogP contribution in [0.4, 0.5) is 0 Å². The lowest BCUT2D eigenvalue weighted by molar-refractivity contribution is 0.331. The largest absolute Gasteiger partial charge is 0.122 e. The number of rotatable bonds is 1. The van der Waals surface area contributed by atoms with Crippen LogP contribution in [0.3, 0.4) is 0 Å². The molecule has 0 bridgehead atoms. The Bertz CT molecular complexity index is 441. The molecule has 2 rings (SSSR count). The number of alkyl halides is 1. The topological polar surface area (TPSA) is 0 Å². The summed E-state index contributed by atoms with van der Waals surface area (Å²) >= 11 is 6.04. The highest BCUT2D eigenvalue weighted by Crippen LogP contribution is 2.46. The van der Waals surface area contributed by atoms with Crippen molar-refractivity contribution in [3.63, 3.8) is 0 Å². The summed E-state index contributed by atoms with van der Waals surface area (Å²) in [5, 5.41) is 0. The van der Waals surface area contributed by atoms with Crippen LogP contribution in [-0.2, 0) is 16.7 Å². The molecule has 0 heterocycles. The van der Waals surface area contributed by atoms with Gasteiger partial charge in [0.25, 0.3) is 0 Å². The molecule has 1 aliphatic rings. The summed E-state index contributed by atoms with van der Waals surface area (Å²) in [6.07, 6.45) is 2.53. The van der Waals surface area contributed by atoms with E-state index in [0.29, 0.717) is 16.7 Å². The van der Waals surface area contributed by atoms with Gasteiger partial charge in [0.1, 0.15) is 0 Å². The second-order valence-corrected chi connectivity index (χ2v) is 6.99. The number of benzene rings is 1. The predicted molar refractivity (Wildman–Crippen MR) is 76.0 cm³/mol. The van der Waals surface area contributed by atoms with Crippen LogP contribution in [0, 0.1) is 6.92 Å². The quantitative estimate of drug-likeness (QED) is 0.610. The lowest BCUT2D eigenvalue weighted by Gasteiger charge is -2.42. The van der Waals surface area contributed by atoms with E-state index in [0.717, 1.165) is 0 Å². The highest BCUT2D eigenvalue weighted by molar-refractivity contribution is 6.17. The normalized spacial score (nSPS) is 21.1. The van der Waals surface area contributed by atoms with Gasteiger partial charge in [-0.15, -0.1) is 11.6 Å². The zero-order valence-electron chi connectivity index (χ0n) is 11.7. The molecular weight excluding hydrogens is 228 g/mol. The molecule has 0 nitrogen and oxygen atoms in total. The van der Waals surface area contributed by atoms with Crippen molar-refractivity contribution in [2.45, 2.75) is 64.2 Å². The van der Waals surface area contributed by atoms with Gasteiger partial charge in [0.05, 0.1) is 0 Å². The molecule has 0 spiro atoms. The Labute approximate surface area is 110 Å². The molecule has 0 atom stereocenters. The number of hydrogen-bond donors (Lipinski definition) is 0. The number of halogens is 1. The van der Waals surface area contributed by atoms with Crippen LogP contribution < -0.4 is 0 Å². The summed E-state index contributed by atoms with van der Waals surface area (Å²) < 4.78 is 0. The molecule has 1 heteroatoms. The average molecular weight is 251 g/mol. The minimum atomic E-state index is 0.291. The molecule has 0 aliphatic heterocycles. The van der Waals surface area contributed by atoms with E-state index in [2.05, 4.69) is 46.8 Å². The summed E-state index contributed by atoms with van der Waals surface area (Å²) in [5.41, 5.74) is 6.26. The summed E-state index contributed by atoms with van der Waals surface area (Å²) in [4.78, 5) is 0. The maximum atomic E-state index is 6.04. The van der Waals surface area contributed by atoms with E-state index in [-0.39, 0.29) is 0 Å². The predicted octanol–water partition coefficient (Wildman–Crippen LogP) is 5.08. The molecule has 94 valence electrons. The molecule has 0 saturated carbocycles. The molecular formula is C16H23Cl. The Hall–Kier alpha value is -0.490. The maximum Gasteiger partial charge on any atom is 0.0476 e. The molecule has 0 fully saturated rings. The molecule has 17 heavy (non-hydrogen) atoms.